The summed E-state index contributed by atoms with van der Waals surface area (Å²) in [6, 6.07) is 0. The Kier molecular flexibility index (Phi) is 17.4. The molecule has 0 aliphatic rings. The second-order valence-corrected chi connectivity index (χ2v) is 4.99. The van der Waals surface area contributed by atoms with Gasteiger partial charge in [0.25, 0.3) is 0 Å². The topological polar surface area (TPSA) is 283 Å². The summed E-state index contributed by atoms with van der Waals surface area (Å²) in [5.41, 5.74) is 0. The fraction of sp³-hybridized carbons (Fsp3) is 0.833. The molecule has 0 amide bonds. The van der Waals surface area contributed by atoms with Crippen molar-refractivity contribution in [3.63, 3.8) is 0 Å². The molecule has 0 unspecified atom stereocenters. The first-order valence-electron chi connectivity index (χ1n) is 6.91. The van der Waals surface area contributed by atoms with Crippen LogP contribution >= 0.6 is 0 Å². The maximum absolute atomic E-state index is 9.98. The Balaban J connectivity index is -0.000000411. The van der Waals surface area contributed by atoms with Crippen molar-refractivity contribution in [2.45, 2.75) is 48.8 Å². The summed E-state index contributed by atoms with van der Waals surface area (Å²) in [6.45, 7) is -1.73. The van der Waals surface area contributed by atoms with Crippen LogP contribution in [0.25, 0.3) is 0 Å². The predicted octanol–water partition coefficient (Wildman–Crippen LogP) is -9.66. The van der Waals surface area contributed by atoms with Gasteiger partial charge in [0.05, 0.1) is 25.2 Å². The van der Waals surface area contributed by atoms with Gasteiger partial charge >= 0.3 is 21.7 Å². The van der Waals surface area contributed by atoms with Gasteiger partial charge in [0.2, 0.25) is 0 Å². The zero-order valence-electron chi connectivity index (χ0n) is 13.6. The maximum Gasteiger partial charge on any atom is 2.00 e. The summed E-state index contributed by atoms with van der Waals surface area (Å²) in [5, 5.41) is 107. The van der Waals surface area contributed by atoms with E-state index in [0.29, 0.717) is 0 Å². The molecule has 10 N–H and O–H groups in total. The standard InChI is InChI=1S/2C6H12O7.Ti/c2*7-1-2(8)3(9)4(10)5(11)6(12)13;/h2*2-5,7-11H,1H2,(H,12,13);/q;;+2/p-2/t2*2-,3-,4+,5-;/m11./s1. The minimum Gasteiger partial charge on any atom is -0.547 e. The van der Waals surface area contributed by atoms with E-state index in [4.69, 9.17) is 51.1 Å². The molecule has 0 aliphatic heterocycles. The Labute approximate surface area is 167 Å². The molecule has 0 radical (unpaired) electrons. The van der Waals surface area contributed by atoms with Crippen molar-refractivity contribution in [3.05, 3.63) is 0 Å². The average Bonchev–Trinajstić information content (AvgIpc) is 2.62. The van der Waals surface area contributed by atoms with Crippen LogP contribution in [0.3, 0.4) is 0 Å². The molecule has 27 heavy (non-hydrogen) atoms. The van der Waals surface area contributed by atoms with E-state index >= 15 is 0 Å². The monoisotopic (exact) mass is 438 g/mol. The third kappa shape index (κ3) is 11.0. The van der Waals surface area contributed by atoms with Crippen LogP contribution < -0.4 is 10.2 Å². The van der Waals surface area contributed by atoms with Gasteiger partial charge in [0, 0.05) is 0 Å². The molecule has 0 spiro atoms. The third-order valence-electron chi connectivity index (χ3n) is 2.99. The molecule has 0 rings (SSSR count). The summed E-state index contributed by atoms with van der Waals surface area (Å²) >= 11 is 0. The molecule has 15 heteroatoms. The molecule has 8 atom stereocenters. The molecule has 0 aromatic carbocycles. The zero-order valence-corrected chi connectivity index (χ0v) is 15.2. The van der Waals surface area contributed by atoms with Crippen molar-refractivity contribution >= 4 is 11.9 Å². The van der Waals surface area contributed by atoms with E-state index in [1.165, 1.54) is 0 Å². The van der Waals surface area contributed by atoms with Crippen LogP contribution in [-0.2, 0) is 31.3 Å². The molecule has 14 nitrogen and oxygen atoms in total. The Morgan fingerprint density at radius 3 is 0.963 bits per heavy atom. The largest absolute Gasteiger partial charge is 2.00 e. The van der Waals surface area contributed by atoms with Gasteiger partial charge in [-0.25, -0.2) is 0 Å². The van der Waals surface area contributed by atoms with Crippen molar-refractivity contribution in [3.8, 4) is 0 Å². The zero-order chi connectivity index (χ0) is 21.2. The van der Waals surface area contributed by atoms with Crippen LogP contribution in [0.1, 0.15) is 0 Å². The molecular weight excluding hydrogens is 416 g/mol. The summed E-state index contributed by atoms with van der Waals surface area (Å²) < 4.78 is 0. The van der Waals surface area contributed by atoms with Crippen LogP contribution in [0.2, 0.25) is 0 Å². The first-order valence-corrected chi connectivity index (χ1v) is 6.91. The number of aliphatic carboxylic acids is 2. The summed E-state index contributed by atoms with van der Waals surface area (Å²) in [7, 11) is 0. The van der Waals surface area contributed by atoms with Gasteiger partial charge < -0.3 is 70.9 Å². The Morgan fingerprint density at radius 2 is 0.815 bits per heavy atom. The number of aliphatic hydroxyl groups is 10. The molecule has 0 saturated carbocycles. The van der Waals surface area contributed by atoms with Crippen LogP contribution in [0, 0.1) is 0 Å². The average molecular weight is 438 g/mol. The molecule has 158 valence electrons. The normalized spacial score (nSPS) is 19.6. The van der Waals surface area contributed by atoms with E-state index in [-0.39, 0.29) is 21.7 Å². The number of carboxylic acids is 2. The van der Waals surface area contributed by atoms with E-state index in [0.717, 1.165) is 0 Å². The van der Waals surface area contributed by atoms with Crippen molar-refractivity contribution in [2.75, 3.05) is 13.2 Å². The molecule has 0 fully saturated rings. The summed E-state index contributed by atoms with van der Waals surface area (Å²) in [4.78, 5) is 20.0. The SMILES string of the molecule is O=C([O-])[C@H](O)[C@@H](O)[C@H](O)[C@H](O)CO.O=C([O-])[C@H](O)[C@@H](O)[C@H](O)[C@H](O)CO.[Ti+2]. The van der Waals surface area contributed by atoms with E-state index in [2.05, 4.69) is 0 Å². The van der Waals surface area contributed by atoms with Gasteiger partial charge in [-0.2, -0.15) is 0 Å². The molecular formula is C12H22O14Ti. The summed E-state index contributed by atoms with van der Waals surface area (Å²) in [6.07, 6.45) is -16.2. The number of hydrogen-bond donors (Lipinski definition) is 10. The number of carbonyl (C=O) groups excluding carboxylic acids is 2. The summed E-state index contributed by atoms with van der Waals surface area (Å²) in [5.74, 6) is -3.95. The fourth-order valence-electron chi connectivity index (χ4n) is 1.32. The Hall–Kier alpha value is -0.746. The second kappa shape index (κ2) is 15.2. The molecule has 0 bridgehead atoms. The number of carboxylic acid groups (broad SMARTS) is 2. The van der Waals surface area contributed by atoms with Gasteiger partial charge in [0.1, 0.15) is 48.8 Å². The van der Waals surface area contributed by atoms with Crippen LogP contribution in [0.4, 0.5) is 0 Å². The van der Waals surface area contributed by atoms with Crippen LogP contribution in [0.15, 0.2) is 0 Å². The second-order valence-electron chi connectivity index (χ2n) is 4.99. The number of aliphatic hydroxyl groups excluding tert-OH is 10. The van der Waals surface area contributed by atoms with Crippen molar-refractivity contribution < 1.29 is 92.6 Å². The van der Waals surface area contributed by atoms with E-state index < -0.39 is 74.0 Å². The first kappa shape index (κ1) is 31.0. The molecule has 0 aromatic rings. The van der Waals surface area contributed by atoms with E-state index in [1.54, 1.807) is 0 Å². The molecule has 0 aromatic heterocycles. The Bertz CT molecular complexity index is 385. The van der Waals surface area contributed by atoms with E-state index in [1.807, 2.05) is 0 Å². The quantitative estimate of drug-likeness (QED) is 0.142. The minimum absolute atomic E-state index is 0. The van der Waals surface area contributed by atoms with Crippen molar-refractivity contribution in [1.29, 1.82) is 0 Å². The van der Waals surface area contributed by atoms with Crippen LogP contribution in [-0.4, -0.2) is 125 Å². The van der Waals surface area contributed by atoms with Gasteiger partial charge in [0.15, 0.2) is 0 Å². The van der Waals surface area contributed by atoms with Gasteiger partial charge in [-0.3, -0.25) is 0 Å². The first-order chi connectivity index (χ1) is 11.8. The maximum atomic E-state index is 9.98. The molecule has 0 saturated heterocycles. The fourth-order valence-corrected chi connectivity index (χ4v) is 1.32. The smallest absolute Gasteiger partial charge is 0.547 e. The number of hydrogen-bond acceptors (Lipinski definition) is 14. The van der Waals surface area contributed by atoms with Crippen molar-refractivity contribution in [2.24, 2.45) is 0 Å². The van der Waals surface area contributed by atoms with Crippen molar-refractivity contribution in [1.82, 2.24) is 0 Å². The molecule has 0 aliphatic carbocycles. The van der Waals surface area contributed by atoms with Gasteiger partial charge in [-0.05, 0) is 0 Å². The van der Waals surface area contributed by atoms with E-state index in [9.17, 15) is 19.8 Å². The van der Waals surface area contributed by atoms with Gasteiger partial charge in [-0.1, -0.05) is 0 Å². The molecule has 0 heterocycles. The number of rotatable bonds is 10. The predicted molar refractivity (Wildman–Crippen MR) is 72.2 cm³/mol. The van der Waals surface area contributed by atoms with Crippen LogP contribution in [0.5, 0.6) is 0 Å². The minimum atomic E-state index is -2.31. The van der Waals surface area contributed by atoms with Gasteiger partial charge in [-0.15, -0.1) is 0 Å². The third-order valence-corrected chi connectivity index (χ3v) is 2.99. The number of carbonyl (C=O) groups is 2. The Morgan fingerprint density at radius 1 is 0.593 bits per heavy atom.